The fourth-order valence-electron chi connectivity index (χ4n) is 2.60. The summed E-state index contributed by atoms with van der Waals surface area (Å²) in [6, 6.07) is 5.32. The van der Waals surface area contributed by atoms with Crippen molar-refractivity contribution in [2.24, 2.45) is 11.7 Å². The highest BCUT2D eigenvalue weighted by Gasteiger charge is 2.29. The normalized spacial score (nSPS) is 22.4. The van der Waals surface area contributed by atoms with E-state index in [0.717, 1.165) is 5.56 Å². The molecule has 1 aliphatic rings. The average molecular weight is 299 g/mol. The van der Waals surface area contributed by atoms with Gasteiger partial charge in [-0.15, -0.1) is 0 Å². The molecule has 1 aromatic rings. The number of hydrogen-bond donors (Lipinski definition) is 1. The van der Waals surface area contributed by atoms with Gasteiger partial charge < -0.3 is 15.2 Å². The number of methoxy groups -OCH3 is 2. The van der Waals surface area contributed by atoms with E-state index in [9.17, 15) is 8.42 Å². The van der Waals surface area contributed by atoms with E-state index in [1.165, 1.54) is 0 Å². The van der Waals surface area contributed by atoms with Crippen LogP contribution in [0, 0.1) is 5.92 Å². The highest BCUT2D eigenvalue weighted by Crippen LogP contribution is 2.31. The van der Waals surface area contributed by atoms with Crippen molar-refractivity contribution in [2.75, 3.05) is 25.7 Å². The Bertz CT molecular complexity index is 548. The third-order valence-corrected chi connectivity index (χ3v) is 5.55. The van der Waals surface area contributed by atoms with Crippen molar-refractivity contribution in [1.29, 1.82) is 0 Å². The zero-order chi connectivity index (χ0) is 14.8. The number of hydrogen-bond acceptors (Lipinski definition) is 5. The summed E-state index contributed by atoms with van der Waals surface area (Å²) in [6.07, 6.45) is 1.37. The maximum Gasteiger partial charge on any atom is 0.150 e. The first-order valence-electron chi connectivity index (χ1n) is 6.62. The molecule has 20 heavy (non-hydrogen) atoms. The van der Waals surface area contributed by atoms with Crippen LogP contribution in [0.3, 0.4) is 0 Å². The Morgan fingerprint density at radius 2 is 1.85 bits per heavy atom. The Morgan fingerprint density at radius 3 is 2.30 bits per heavy atom. The summed E-state index contributed by atoms with van der Waals surface area (Å²) in [5.74, 6) is 2.06. The summed E-state index contributed by atoms with van der Waals surface area (Å²) < 4.78 is 33.4. The van der Waals surface area contributed by atoms with Gasteiger partial charge in [-0.25, -0.2) is 8.42 Å². The van der Waals surface area contributed by atoms with Crippen LogP contribution in [0.2, 0.25) is 0 Å². The maximum absolute atomic E-state index is 11.5. The van der Waals surface area contributed by atoms with Gasteiger partial charge in [-0.2, -0.15) is 0 Å². The van der Waals surface area contributed by atoms with Crippen molar-refractivity contribution < 1.29 is 17.9 Å². The van der Waals surface area contributed by atoms with Gasteiger partial charge >= 0.3 is 0 Å². The molecule has 1 fully saturated rings. The molecule has 0 aliphatic carbocycles. The highest BCUT2D eigenvalue weighted by atomic mass is 32.2. The molecule has 0 spiro atoms. The van der Waals surface area contributed by atoms with E-state index < -0.39 is 9.84 Å². The molecule has 0 aromatic heterocycles. The average Bonchev–Trinajstić information content (AvgIpc) is 2.77. The molecule has 1 aromatic carbocycles. The van der Waals surface area contributed by atoms with Gasteiger partial charge in [-0.1, -0.05) is 0 Å². The molecule has 2 atom stereocenters. The zero-order valence-electron chi connectivity index (χ0n) is 11.8. The largest absolute Gasteiger partial charge is 0.497 e. The molecule has 2 rings (SSSR count). The topological polar surface area (TPSA) is 78.6 Å². The second-order valence-corrected chi connectivity index (χ2v) is 7.49. The number of ether oxygens (including phenoxy) is 2. The van der Waals surface area contributed by atoms with E-state index in [-0.39, 0.29) is 23.5 Å². The lowest BCUT2D eigenvalue weighted by molar-refractivity contribution is 0.391. The minimum absolute atomic E-state index is 0.146. The second kappa shape index (κ2) is 6.01. The van der Waals surface area contributed by atoms with E-state index in [1.54, 1.807) is 20.3 Å². The van der Waals surface area contributed by atoms with Crippen LogP contribution in [0.15, 0.2) is 18.2 Å². The van der Waals surface area contributed by atoms with Gasteiger partial charge in [0.05, 0.1) is 25.7 Å². The van der Waals surface area contributed by atoms with Crippen molar-refractivity contribution >= 4 is 9.84 Å². The Hall–Kier alpha value is -1.27. The van der Waals surface area contributed by atoms with Crippen LogP contribution in [0.1, 0.15) is 24.4 Å². The molecular formula is C14H21NO4S. The van der Waals surface area contributed by atoms with Gasteiger partial charge in [-0.3, -0.25) is 0 Å². The van der Waals surface area contributed by atoms with Gasteiger partial charge in [0.15, 0.2) is 9.84 Å². The Kier molecular flexibility index (Phi) is 4.55. The second-order valence-electron chi connectivity index (χ2n) is 5.26. The molecule has 0 saturated carbocycles. The summed E-state index contributed by atoms with van der Waals surface area (Å²) >= 11 is 0. The maximum atomic E-state index is 11.5. The summed E-state index contributed by atoms with van der Waals surface area (Å²) in [5, 5.41) is 0. The van der Waals surface area contributed by atoms with E-state index >= 15 is 0 Å². The third-order valence-electron chi connectivity index (χ3n) is 3.72. The van der Waals surface area contributed by atoms with Gasteiger partial charge in [0.2, 0.25) is 0 Å². The first-order valence-corrected chi connectivity index (χ1v) is 8.44. The fourth-order valence-corrected chi connectivity index (χ4v) is 4.48. The van der Waals surface area contributed by atoms with Crippen LogP contribution in [0.25, 0.3) is 0 Å². The van der Waals surface area contributed by atoms with Crippen LogP contribution < -0.4 is 15.2 Å². The zero-order valence-corrected chi connectivity index (χ0v) is 12.7. The molecule has 1 heterocycles. The van der Waals surface area contributed by atoms with Gasteiger partial charge in [-0.05, 0) is 36.5 Å². The first kappa shape index (κ1) is 15.1. The first-order chi connectivity index (χ1) is 9.43. The van der Waals surface area contributed by atoms with Gasteiger partial charge in [0, 0.05) is 12.1 Å². The van der Waals surface area contributed by atoms with Crippen LogP contribution in [0.5, 0.6) is 11.5 Å². The molecule has 0 amide bonds. The summed E-state index contributed by atoms with van der Waals surface area (Å²) in [5.41, 5.74) is 7.11. The molecule has 5 nitrogen and oxygen atoms in total. The molecule has 2 unspecified atom stereocenters. The van der Waals surface area contributed by atoms with Gasteiger partial charge in [0.1, 0.15) is 11.5 Å². The molecule has 2 N–H and O–H groups in total. The van der Waals surface area contributed by atoms with E-state index in [0.29, 0.717) is 24.3 Å². The van der Waals surface area contributed by atoms with Crippen LogP contribution >= 0.6 is 0 Å². The summed E-state index contributed by atoms with van der Waals surface area (Å²) in [6.45, 7) is 0. The van der Waals surface area contributed by atoms with E-state index in [1.807, 2.05) is 12.1 Å². The lowest BCUT2D eigenvalue weighted by atomic mass is 9.94. The molecule has 0 bridgehead atoms. The Morgan fingerprint density at radius 1 is 1.25 bits per heavy atom. The molecule has 0 radical (unpaired) electrons. The fraction of sp³-hybridized carbons (Fsp3) is 0.571. The minimum atomic E-state index is -2.85. The van der Waals surface area contributed by atoms with E-state index in [4.69, 9.17) is 15.2 Å². The number of benzene rings is 1. The van der Waals surface area contributed by atoms with E-state index in [2.05, 4.69) is 0 Å². The predicted octanol–water partition coefficient (Wildman–Crippen LogP) is 1.53. The van der Waals surface area contributed by atoms with Crippen LogP contribution in [-0.2, 0) is 9.84 Å². The third kappa shape index (κ3) is 3.64. The lowest BCUT2D eigenvalue weighted by Gasteiger charge is -2.17. The Labute approximate surface area is 120 Å². The standard InChI is InChI=1S/C14H21NO4S/c1-18-12-6-11(7-13(8-12)19-2)14(15)5-10-3-4-20(16,17)9-10/h6-8,10,14H,3-5,9,15H2,1-2H3. The molecule has 6 heteroatoms. The molecular weight excluding hydrogens is 278 g/mol. The Balaban J connectivity index is 2.10. The van der Waals surface area contributed by atoms with Crippen LogP contribution in [-0.4, -0.2) is 34.1 Å². The minimum Gasteiger partial charge on any atom is -0.497 e. The van der Waals surface area contributed by atoms with Crippen molar-refractivity contribution in [3.05, 3.63) is 23.8 Å². The van der Waals surface area contributed by atoms with Crippen molar-refractivity contribution in [1.82, 2.24) is 0 Å². The monoisotopic (exact) mass is 299 g/mol. The molecule has 1 saturated heterocycles. The molecule has 112 valence electrons. The number of rotatable bonds is 5. The smallest absolute Gasteiger partial charge is 0.150 e. The number of nitrogens with two attached hydrogens (primary N) is 1. The summed E-state index contributed by atoms with van der Waals surface area (Å²) in [7, 11) is 0.328. The van der Waals surface area contributed by atoms with Crippen molar-refractivity contribution in [2.45, 2.75) is 18.9 Å². The van der Waals surface area contributed by atoms with Crippen LogP contribution in [0.4, 0.5) is 0 Å². The number of sulfone groups is 1. The highest BCUT2D eigenvalue weighted by molar-refractivity contribution is 7.91. The van der Waals surface area contributed by atoms with Crippen molar-refractivity contribution in [3.63, 3.8) is 0 Å². The van der Waals surface area contributed by atoms with Gasteiger partial charge in [0.25, 0.3) is 0 Å². The molecule has 1 aliphatic heterocycles. The quantitative estimate of drug-likeness (QED) is 0.892. The predicted molar refractivity (Wildman–Crippen MR) is 77.9 cm³/mol. The van der Waals surface area contributed by atoms with Crippen molar-refractivity contribution in [3.8, 4) is 11.5 Å². The SMILES string of the molecule is COc1cc(OC)cc(C(N)CC2CCS(=O)(=O)C2)c1. The lowest BCUT2D eigenvalue weighted by Crippen LogP contribution is -2.16. The summed E-state index contributed by atoms with van der Waals surface area (Å²) in [4.78, 5) is 0.